The number of carbonyl (C=O) groups excluding carboxylic acids is 1. The van der Waals surface area contributed by atoms with Crippen molar-refractivity contribution in [3.05, 3.63) is 28.8 Å². The zero-order valence-corrected chi connectivity index (χ0v) is 13.7. The first-order chi connectivity index (χ1) is 9.35. The van der Waals surface area contributed by atoms with Crippen LogP contribution in [0.4, 0.5) is 5.69 Å². The molecule has 0 aliphatic carbocycles. The summed E-state index contributed by atoms with van der Waals surface area (Å²) in [5.41, 5.74) is 0.441. The average Bonchev–Trinajstić information content (AvgIpc) is 2.27. The van der Waals surface area contributed by atoms with E-state index >= 15 is 0 Å². The van der Waals surface area contributed by atoms with Crippen molar-refractivity contribution in [2.45, 2.75) is 0 Å². The van der Waals surface area contributed by atoms with Crippen LogP contribution in [0.5, 0.6) is 0 Å². The molecule has 1 aliphatic rings. The summed E-state index contributed by atoms with van der Waals surface area (Å²) in [6.45, 7) is 2.31. The minimum atomic E-state index is -3.45. The van der Waals surface area contributed by atoms with Gasteiger partial charge < -0.3 is 10.6 Å². The fourth-order valence-corrected chi connectivity index (χ4v) is 2.57. The topological polar surface area (TPSA) is 87.3 Å². The molecule has 0 radical (unpaired) electrons. The maximum Gasteiger partial charge on any atom is 0.253 e. The van der Waals surface area contributed by atoms with Gasteiger partial charge >= 0.3 is 0 Å². The molecule has 0 aromatic heterocycles. The Morgan fingerprint density at radius 1 is 1.43 bits per heavy atom. The van der Waals surface area contributed by atoms with Gasteiger partial charge in [-0.15, -0.1) is 12.4 Å². The molecule has 0 spiro atoms. The quantitative estimate of drug-likeness (QED) is 0.739. The van der Waals surface area contributed by atoms with E-state index in [0.29, 0.717) is 17.5 Å². The molecule has 0 unspecified atom stereocenters. The molecule has 1 aromatic carbocycles. The van der Waals surface area contributed by atoms with Crippen LogP contribution in [0.3, 0.4) is 0 Å². The van der Waals surface area contributed by atoms with Crippen molar-refractivity contribution in [1.29, 1.82) is 0 Å². The molecule has 0 atom stereocenters. The second-order valence-electron chi connectivity index (χ2n) is 4.80. The number of rotatable bonds is 5. The smallest absolute Gasteiger partial charge is 0.253 e. The Bertz CT molecular complexity index is 618. The first kappa shape index (κ1) is 18.0. The highest BCUT2D eigenvalue weighted by Crippen LogP contribution is 2.21. The molecular formula is C12H17Cl2N3O3S. The number of nitrogens with one attached hydrogen (secondary N) is 3. The summed E-state index contributed by atoms with van der Waals surface area (Å²) in [5, 5.41) is 6.27. The van der Waals surface area contributed by atoms with E-state index in [1.54, 1.807) is 0 Å². The van der Waals surface area contributed by atoms with Gasteiger partial charge in [-0.1, -0.05) is 11.6 Å². The highest BCUT2D eigenvalue weighted by molar-refractivity contribution is 7.92. The lowest BCUT2D eigenvalue weighted by Crippen LogP contribution is -2.48. The van der Waals surface area contributed by atoms with Crippen LogP contribution in [0.25, 0.3) is 0 Å². The fourth-order valence-electron chi connectivity index (χ4n) is 1.82. The van der Waals surface area contributed by atoms with Gasteiger partial charge in [0.05, 0.1) is 17.5 Å². The van der Waals surface area contributed by atoms with Crippen molar-refractivity contribution in [1.82, 2.24) is 10.6 Å². The third-order valence-electron chi connectivity index (χ3n) is 2.94. The van der Waals surface area contributed by atoms with Crippen LogP contribution in [0, 0.1) is 5.92 Å². The van der Waals surface area contributed by atoms with Gasteiger partial charge in [0.15, 0.2) is 0 Å². The number of benzene rings is 1. The van der Waals surface area contributed by atoms with Crippen LogP contribution in [0.15, 0.2) is 18.2 Å². The van der Waals surface area contributed by atoms with Crippen molar-refractivity contribution >= 4 is 45.6 Å². The Labute approximate surface area is 135 Å². The van der Waals surface area contributed by atoms with E-state index in [9.17, 15) is 13.2 Å². The Morgan fingerprint density at radius 3 is 2.62 bits per heavy atom. The van der Waals surface area contributed by atoms with Crippen LogP contribution in [0.1, 0.15) is 10.4 Å². The van der Waals surface area contributed by atoms with Gasteiger partial charge in [0.25, 0.3) is 5.91 Å². The molecule has 1 aliphatic heterocycles. The molecule has 2 rings (SSSR count). The standard InChI is InChI=1S/C12H16ClN3O3S.ClH/c1-20(18,19)16-11-3-2-9(13)4-10(11)12(17)15-7-8-5-14-6-8;/h2-4,8,14,16H,5-7H2,1H3,(H,15,17);1H. The lowest BCUT2D eigenvalue weighted by atomic mass is 10.0. The maximum absolute atomic E-state index is 12.1. The van der Waals surface area contributed by atoms with E-state index < -0.39 is 10.0 Å². The van der Waals surface area contributed by atoms with Crippen LogP contribution in [-0.2, 0) is 10.0 Å². The number of sulfonamides is 1. The number of amides is 1. The summed E-state index contributed by atoms with van der Waals surface area (Å²) in [7, 11) is -3.45. The Kier molecular flexibility index (Phi) is 6.27. The zero-order valence-electron chi connectivity index (χ0n) is 11.3. The normalized spacial score (nSPS) is 14.8. The van der Waals surface area contributed by atoms with Crippen molar-refractivity contribution in [3.63, 3.8) is 0 Å². The van der Waals surface area contributed by atoms with Gasteiger partial charge in [-0.3, -0.25) is 9.52 Å². The van der Waals surface area contributed by atoms with Crippen molar-refractivity contribution in [2.24, 2.45) is 5.92 Å². The van der Waals surface area contributed by atoms with Crippen LogP contribution >= 0.6 is 24.0 Å². The van der Waals surface area contributed by atoms with Gasteiger partial charge in [0.1, 0.15) is 0 Å². The molecule has 0 saturated carbocycles. The van der Waals surface area contributed by atoms with Gasteiger partial charge in [0.2, 0.25) is 10.0 Å². The highest BCUT2D eigenvalue weighted by atomic mass is 35.5. The first-order valence-corrected chi connectivity index (χ1v) is 8.38. The third-order valence-corrected chi connectivity index (χ3v) is 3.76. The molecule has 1 fully saturated rings. The van der Waals surface area contributed by atoms with E-state index in [0.717, 1.165) is 19.3 Å². The third kappa shape index (κ3) is 5.35. The minimum Gasteiger partial charge on any atom is -0.352 e. The molecule has 1 amide bonds. The van der Waals surface area contributed by atoms with Gasteiger partial charge in [0, 0.05) is 30.6 Å². The van der Waals surface area contributed by atoms with Gasteiger partial charge in [-0.2, -0.15) is 0 Å². The highest BCUT2D eigenvalue weighted by Gasteiger charge is 2.19. The zero-order chi connectivity index (χ0) is 14.8. The first-order valence-electron chi connectivity index (χ1n) is 6.11. The lowest BCUT2D eigenvalue weighted by molar-refractivity contribution is 0.0943. The molecule has 0 bridgehead atoms. The van der Waals surface area contributed by atoms with E-state index in [1.807, 2.05) is 0 Å². The molecule has 118 valence electrons. The Morgan fingerprint density at radius 2 is 2.10 bits per heavy atom. The summed E-state index contributed by atoms with van der Waals surface area (Å²) in [5.74, 6) is 0.0787. The summed E-state index contributed by atoms with van der Waals surface area (Å²) in [6.07, 6.45) is 1.03. The summed E-state index contributed by atoms with van der Waals surface area (Å²) < 4.78 is 24.9. The molecule has 3 N–H and O–H groups in total. The fraction of sp³-hybridized carbons (Fsp3) is 0.417. The molecule has 21 heavy (non-hydrogen) atoms. The maximum atomic E-state index is 12.1. The number of carbonyl (C=O) groups is 1. The van der Waals surface area contributed by atoms with Crippen molar-refractivity contribution in [3.8, 4) is 0 Å². The Hall–Kier alpha value is -1.02. The molecular weight excluding hydrogens is 337 g/mol. The van der Waals surface area contributed by atoms with Gasteiger partial charge in [-0.25, -0.2) is 8.42 Å². The SMILES string of the molecule is CS(=O)(=O)Nc1ccc(Cl)cc1C(=O)NCC1CNC1.Cl. The minimum absolute atomic E-state index is 0. The number of hydrogen-bond donors (Lipinski definition) is 3. The van der Waals surface area contributed by atoms with Crippen molar-refractivity contribution < 1.29 is 13.2 Å². The second kappa shape index (κ2) is 7.31. The number of halogens is 2. The van der Waals surface area contributed by atoms with Crippen LogP contribution in [-0.4, -0.2) is 40.2 Å². The summed E-state index contributed by atoms with van der Waals surface area (Å²) >= 11 is 5.87. The van der Waals surface area contributed by atoms with E-state index in [2.05, 4.69) is 15.4 Å². The summed E-state index contributed by atoms with van der Waals surface area (Å²) in [4.78, 5) is 12.1. The number of hydrogen-bond acceptors (Lipinski definition) is 4. The predicted octanol–water partition coefficient (Wildman–Crippen LogP) is 1.08. The monoisotopic (exact) mass is 353 g/mol. The van der Waals surface area contributed by atoms with E-state index in [1.165, 1.54) is 18.2 Å². The van der Waals surface area contributed by atoms with Gasteiger partial charge in [-0.05, 0) is 18.2 Å². The van der Waals surface area contributed by atoms with E-state index in [-0.39, 0.29) is 29.6 Å². The molecule has 1 aromatic rings. The average molecular weight is 354 g/mol. The van der Waals surface area contributed by atoms with Crippen LogP contribution < -0.4 is 15.4 Å². The Balaban J connectivity index is 0.00000220. The second-order valence-corrected chi connectivity index (χ2v) is 6.98. The van der Waals surface area contributed by atoms with Crippen LogP contribution in [0.2, 0.25) is 5.02 Å². The van der Waals surface area contributed by atoms with E-state index in [4.69, 9.17) is 11.6 Å². The predicted molar refractivity (Wildman–Crippen MR) is 85.9 cm³/mol. The molecule has 9 heteroatoms. The largest absolute Gasteiger partial charge is 0.352 e. The molecule has 1 saturated heterocycles. The lowest BCUT2D eigenvalue weighted by Gasteiger charge is -2.27. The molecule has 6 nitrogen and oxygen atoms in total. The molecule has 1 heterocycles. The van der Waals surface area contributed by atoms with Crippen molar-refractivity contribution in [2.75, 3.05) is 30.6 Å². The summed E-state index contributed by atoms with van der Waals surface area (Å²) in [6, 6.07) is 4.45. The number of anilines is 1.